The van der Waals surface area contributed by atoms with Crippen LogP contribution >= 0.6 is 15.9 Å². The van der Waals surface area contributed by atoms with Gasteiger partial charge in [-0.25, -0.2) is 0 Å². The average molecular weight is 356 g/mol. The predicted molar refractivity (Wildman–Crippen MR) is 85.9 cm³/mol. The van der Waals surface area contributed by atoms with E-state index in [9.17, 15) is 14.7 Å². The molecule has 0 aliphatic rings. The molecule has 0 bridgehead atoms. The number of carboxylic acids is 1. The molecule has 0 spiro atoms. The zero-order chi connectivity index (χ0) is 16.0. The zero-order valence-corrected chi connectivity index (χ0v) is 14.3. The third-order valence-corrected chi connectivity index (χ3v) is 4.52. The number of amides is 1. The second-order valence-corrected chi connectivity index (χ2v) is 6.26. The molecule has 21 heavy (non-hydrogen) atoms. The van der Waals surface area contributed by atoms with Crippen LogP contribution in [0.1, 0.15) is 38.7 Å². The lowest BCUT2D eigenvalue weighted by Crippen LogP contribution is -2.37. The molecule has 1 aromatic carbocycles. The summed E-state index contributed by atoms with van der Waals surface area (Å²) in [7, 11) is 1.71. The monoisotopic (exact) mass is 355 g/mol. The topological polar surface area (TPSA) is 57.6 Å². The van der Waals surface area contributed by atoms with Crippen molar-refractivity contribution in [3.8, 4) is 0 Å². The van der Waals surface area contributed by atoms with Crippen LogP contribution in [0.15, 0.2) is 28.7 Å². The Labute approximate surface area is 134 Å². The van der Waals surface area contributed by atoms with E-state index in [2.05, 4.69) is 15.9 Å². The van der Waals surface area contributed by atoms with E-state index in [1.165, 1.54) is 0 Å². The molecule has 0 aliphatic heterocycles. The molecule has 0 aliphatic carbocycles. The average Bonchev–Trinajstić information content (AvgIpc) is 2.44. The maximum absolute atomic E-state index is 12.3. The highest BCUT2D eigenvalue weighted by Crippen LogP contribution is 2.31. The number of carboxylic acid groups (broad SMARTS) is 1. The van der Waals surface area contributed by atoms with Gasteiger partial charge in [-0.3, -0.25) is 9.59 Å². The van der Waals surface area contributed by atoms with Gasteiger partial charge in [-0.2, -0.15) is 0 Å². The summed E-state index contributed by atoms with van der Waals surface area (Å²) in [5.41, 5.74) is 0.0527. The second-order valence-electron chi connectivity index (χ2n) is 5.35. The lowest BCUT2D eigenvalue weighted by atomic mass is 9.79. The Bertz CT molecular complexity index is 512. The Morgan fingerprint density at radius 3 is 2.38 bits per heavy atom. The number of carbonyl (C=O) groups excluding carboxylic acids is 1. The van der Waals surface area contributed by atoms with Crippen molar-refractivity contribution in [3.63, 3.8) is 0 Å². The van der Waals surface area contributed by atoms with Crippen LogP contribution in [0.2, 0.25) is 0 Å². The first-order chi connectivity index (χ1) is 9.84. The third-order valence-electron chi connectivity index (χ3n) is 4.03. The van der Waals surface area contributed by atoms with Gasteiger partial charge in [-0.1, -0.05) is 41.9 Å². The molecule has 5 heteroatoms. The number of carbonyl (C=O) groups is 2. The summed E-state index contributed by atoms with van der Waals surface area (Å²) in [6.45, 7) is 4.11. The lowest BCUT2D eigenvalue weighted by Gasteiger charge is -2.28. The smallest absolute Gasteiger partial charge is 0.310 e. The SMILES string of the molecule is CCC(CC)(CC(=O)N(C)Cc1cccc(Br)c1)C(=O)O. The van der Waals surface area contributed by atoms with E-state index in [0.717, 1.165) is 10.0 Å². The number of benzene rings is 1. The van der Waals surface area contributed by atoms with Crippen LogP contribution in [0.3, 0.4) is 0 Å². The molecule has 0 atom stereocenters. The van der Waals surface area contributed by atoms with Gasteiger partial charge < -0.3 is 10.0 Å². The van der Waals surface area contributed by atoms with Gasteiger partial charge >= 0.3 is 5.97 Å². The molecule has 4 nitrogen and oxygen atoms in total. The van der Waals surface area contributed by atoms with Crippen LogP contribution in [0.25, 0.3) is 0 Å². The van der Waals surface area contributed by atoms with Gasteiger partial charge in [0.05, 0.1) is 5.41 Å². The van der Waals surface area contributed by atoms with Crippen LogP contribution in [0.4, 0.5) is 0 Å². The molecule has 0 radical (unpaired) electrons. The summed E-state index contributed by atoms with van der Waals surface area (Å²) in [6.07, 6.45) is 0.949. The van der Waals surface area contributed by atoms with Crippen LogP contribution in [-0.2, 0) is 16.1 Å². The number of aliphatic carboxylic acids is 1. The number of nitrogens with zero attached hydrogens (tertiary/aromatic N) is 1. The van der Waals surface area contributed by atoms with Crippen molar-refractivity contribution in [2.75, 3.05) is 7.05 Å². The first-order valence-corrected chi connectivity index (χ1v) is 7.85. The highest BCUT2D eigenvalue weighted by Gasteiger charge is 2.37. The molecule has 0 unspecified atom stereocenters. The van der Waals surface area contributed by atoms with Crippen LogP contribution in [0.5, 0.6) is 0 Å². The summed E-state index contributed by atoms with van der Waals surface area (Å²) in [5.74, 6) is -1.03. The molecule has 1 aromatic rings. The molecule has 0 aromatic heterocycles. The lowest BCUT2D eigenvalue weighted by molar-refractivity contribution is -0.154. The minimum absolute atomic E-state index is 0.0415. The van der Waals surface area contributed by atoms with E-state index in [4.69, 9.17) is 0 Å². The van der Waals surface area contributed by atoms with E-state index in [1.807, 2.05) is 38.1 Å². The number of halogens is 1. The molecular weight excluding hydrogens is 334 g/mol. The maximum Gasteiger partial charge on any atom is 0.310 e. The fourth-order valence-corrected chi connectivity index (χ4v) is 2.75. The summed E-state index contributed by atoms with van der Waals surface area (Å²) in [5, 5.41) is 9.40. The fraction of sp³-hybridized carbons (Fsp3) is 0.500. The Balaban J connectivity index is 2.76. The standard InChI is InChI=1S/C16H22BrNO3/c1-4-16(5-2,15(20)21)10-14(19)18(3)11-12-7-6-8-13(17)9-12/h6-9H,4-5,10-11H2,1-3H3,(H,20,21). The quantitative estimate of drug-likeness (QED) is 0.811. The number of hydrogen-bond donors (Lipinski definition) is 1. The summed E-state index contributed by atoms with van der Waals surface area (Å²) in [6, 6.07) is 7.73. The number of rotatable bonds is 7. The van der Waals surface area contributed by atoms with E-state index >= 15 is 0 Å². The molecule has 0 fully saturated rings. The van der Waals surface area contributed by atoms with Gasteiger partial charge in [0, 0.05) is 24.5 Å². The minimum Gasteiger partial charge on any atom is -0.481 e. The molecule has 0 heterocycles. The van der Waals surface area contributed by atoms with Crippen molar-refractivity contribution in [1.82, 2.24) is 4.90 Å². The Hall–Kier alpha value is -1.36. The normalized spacial score (nSPS) is 11.2. The highest BCUT2D eigenvalue weighted by molar-refractivity contribution is 9.10. The largest absolute Gasteiger partial charge is 0.481 e. The number of hydrogen-bond acceptors (Lipinski definition) is 2. The first-order valence-electron chi connectivity index (χ1n) is 7.06. The molecule has 0 saturated carbocycles. The molecule has 1 N–H and O–H groups in total. The van der Waals surface area contributed by atoms with Crippen molar-refractivity contribution < 1.29 is 14.7 Å². The summed E-state index contributed by atoms with van der Waals surface area (Å²) >= 11 is 3.40. The van der Waals surface area contributed by atoms with Crippen molar-refractivity contribution >= 4 is 27.8 Å². The van der Waals surface area contributed by atoms with E-state index in [-0.39, 0.29) is 12.3 Å². The first kappa shape index (κ1) is 17.7. The Morgan fingerprint density at radius 1 is 1.29 bits per heavy atom. The minimum atomic E-state index is -0.956. The van der Waals surface area contributed by atoms with Gasteiger partial charge in [0.15, 0.2) is 0 Å². The third kappa shape index (κ3) is 4.56. The van der Waals surface area contributed by atoms with Gasteiger partial charge in [0.25, 0.3) is 0 Å². The van der Waals surface area contributed by atoms with Gasteiger partial charge in [0.2, 0.25) is 5.91 Å². The van der Waals surface area contributed by atoms with E-state index < -0.39 is 11.4 Å². The molecule has 0 saturated heterocycles. The van der Waals surface area contributed by atoms with Crippen molar-refractivity contribution in [1.29, 1.82) is 0 Å². The van der Waals surface area contributed by atoms with Gasteiger partial charge in [0.1, 0.15) is 0 Å². The Morgan fingerprint density at radius 2 is 1.90 bits per heavy atom. The molecule has 1 amide bonds. The van der Waals surface area contributed by atoms with E-state index in [1.54, 1.807) is 11.9 Å². The summed E-state index contributed by atoms with van der Waals surface area (Å²) < 4.78 is 0.961. The van der Waals surface area contributed by atoms with Gasteiger partial charge in [-0.05, 0) is 30.5 Å². The summed E-state index contributed by atoms with van der Waals surface area (Å²) in [4.78, 5) is 25.4. The van der Waals surface area contributed by atoms with Crippen molar-refractivity contribution in [3.05, 3.63) is 34.3 Å². The van der Waals surface area contributed by atoms with Crippen LogP contribution < -0.4 is 0 Å². The fourth-order valence-electron chi connectivity index (χ4n) is 2.30. The van der Waals surface area contributed by atoms with E-state index in [0.29, 0.717) is 19.4 Å². The predicted octanol–water partition coefficient (Wildman–Crippen LogP) is 3.69. The van der Waals surface area contributed by atoms with Gasteiger partial charge in [-0.15, -0.1) is 0 Å². The van der Waals surface area contributed by atoms with Crippen molar-refractivity contribution in [2.45, 2.75) is 39.7 Å². The molecule has 1 rings (SSSR count). The highest BCUT2D eigenvalue weighted by atomic mass is 79.9. The van der Waals surface area contributed by atoms with Crippen LogP contribution in [-0.4, -0.2) is 28.9 Å². The Kier molecular flexibility index (Phi) is 6.40. The zero-order valence-electron chi connectivity index (χ0n) is 12.7. The van der Waals surface area contributed by atoms with Crippen molar-refractivity contribution in [2.24, 2.45) is 5.41 Å². The maximum atomic E-state index is 12.3. The van der Waals surface area contributed by atoms with Crippen LogP contribution in [0, 0.1) is 5.41 Å². The second kappa shape index (κ2) is 7.59. The molecular formula is C16H22BrNO3. The molecule has 116 valence electrons.